The topological polar surface area (TPSA) is 55.6 Å². The van der Waals surface area contributed by atoms with E-state index in [1.54, 1.807) is 24.1 Å². The van der Waals surface area contributed by atoms with Crippen LogP contribution in [0.1, 0.15) is 40.2 Å². The molecule has 4 nitrogen and oxygen atoms in total. The normalized spacial score (nSPS) is 10.3. The molecule has 0 heterocycles. The molecule has 20 heavy (non-hydrogen) atoms. The number of hydrogen-bond donors (Lipinski definition) is 1. The molecule has 0 atom stereocenters. The van der Waals surface area contributed by atoms with Gasteiger partial charge in [-0.25, -0.2) is 4.79 Å². The zero-order valence-electron chi connectivity index (χ0n) is 13.6. The van der Waals surface area contributed by atoms with Crippen LogP contribution in [0.25, 0.3) is 0 Å². The monoisotopic (exact) mass is 280 g/mol. The summed E-state index contributed by atoms with van der Waals surface area (Å²) in [5.41, 5.74) is 7.28. The fraction of sp³-hybridized carbons (Fsp3) is 0.562. The number of carbonyl (C=O) groups excluding carboxylic acids is 1. The Morgan fingerprint density at radius 3 is 2.15 bits per heavy atom. The maximum atomic E-state index is 11.7. The Kier molecular flexibility index (Phi) is 7.74. The van der Waals surface area contributed by atoms with Crippen LogP contribution < -0.4 is 5.73 Å². The Morgan fingerprint density at radius 2 is 1.70 bits per heavy atom. The number of anilines is 1. The average Bonchev–Trinajstić information content (AvgIpc) is 2.38. The summed E-state index contributed by atoms with van der Waals surface area (Å²) in [5.74, 6) is 0. The van der Waals surface area contributed by atoms with Crippen molar-refractivity contribution < 1.29 is 9.53 Å². The van der Waals surface area contributed by atoms with E-state index in [-0.39, 0.29) is 18.1 Å². The number of amides is 1. The summed E-state index contributed by atoms with van der Waals surface area (Å²) in [6, 6.07) is 7.29. The third kappa shape index (κ3) is 7.67. The van der Waals surface area contributed by atoms with Crippen molar-refractivity contribution in [2.45, 2.75) is 41.2 Å². The van der Waals surface area contributed by atoms with Crippen molar-refractivity contribution in [1.82, 2.24) is 4.90 Å². The lowest BCUT2D eigenvalue weighted by Gasteiger charge is -2.25. The predicted molar refractivity (Wildman–Crippen MR) is 84.5 cm³/mol. The summed E-state index contributed by atoms with van der Waals surface area (Å²) in [6.07, 6.45) is -0.304. The van der Waals surface area contributed by atoms with Crippen LogP contribution in [0.4, 0.5) is 10.5 Å². The van der Waals surface area contributed by atoms with Gasteiger partial charge in [0.2, 0.25) is 0 Å². The molecule has 0 radical (unpaired) electrons. The molecule has 0 aliphatic carbocycles. The third-order valence-corrected chi connectivity index (χ3v) is 2.37. The molecule has 0 spiro atoms. The number of ether oxygens (including phenoxy) is 1. The highest BCUT2D eigenvalue weighted by atomic mass is 16.6. The summed E-state index contributed by atoms with van der Waals surface area (Å²) in [7, 11) is 1.75. The minimum atomic E-state index is -0.304. The number of nitrogens with two attached hydrogens (primary N) is 1. The van der Waals surface area contributed by atoms with E-state index in [0.29, 0.717) is 12.2 Å². The van der Waals surface area contributed by atoms with Gasteiger partial charge in [0.1, 0.15) is 6.61 Å². The molecule has 2 N–H and O–H groups in total. The van der Waals surface area contributed by atoms with E-state index in [0.717, 1.165) is 5.56 Å². The van der Waals surface area contributed by atoms with Gasteiger partial charge in [0.05, 0.1) is 0 Å². The molecule has 0 bridgehead atoms. The van der Waals surface area contributed by atoms with E-state index in [1.165, 1.54) is 0 Å². The van der Waals surface area contributed by atoms with Gasteiger partial charge in [0, 0.05) is 19.3 Å². The quantitative estimate of drug-likeness (QED) is 0.854. The molecule has 0 aliphatic heterocycles. The maximum absolute atomic E-state index is 11.7. The van der Waals surface area contributed by atoms with E-state index < -0.39 is 0 Å². The van der Waals surface area contributed by atoms with E-state index in [4.69, 9.17) is 10.5 Å². The molecular formula is C16H28N2O2. The van der Waals surface area contributed by atoms with Crippen LogP contribution in [0.5, 0.6) is 0 Å². The molecular weight excluding hydrogens is 252 g/mol. The van der Waals surface area contributed by atoms with Crippen molar-refractivity contribution in [2.24, 2.45) is 5.41 Å². The molecule has 0 fully saturated rings. The standard InChI is InChI=1S/C14H22N2O2.C2H6/c1-14(2,3)10-16(4)13(17)18-9-11-5-7-12(15)8-6-11;1-2/h5-8H,9-10,15H2,1-4H3;1-2H3. The van der Waals surface area contributed by atoms with Crippen LogP contribution in [-0.4, -0.2) is 24.6 Å². The summed E-state index contributed by atoms with van der Waals surface area (Å²) in [6.45, 7) is 11.2. The minimum absolute atomic E-state index is 0.0645. The van der Waals surface area contributed by atoms with Crippen molar-refractivity contribution in [3.05, 3.63) is 29.8 Å². The number of benzene rings is 1. The van der Waals surface area contributed by atoms with Gasteiger partial charge in [-0.2, -0.15) is 0 Å². The summed E-state index contributed by atoms with van der Waals surface area (Å²) >= 11 is 0. The molecule has 1 aromatic carbocycles. The number of rotatable bonds is 3. The van der Waals surface area contributed by atoms with Gasteiger partial charge in [0.15, 0.2) is 0 Å². The lowest BCUT2D eigenvalue weighted by molar-refractivity contribution is 0.0936. The molecule has 114 valence electrons. The second kappa shape index (κ2) is 8.46. The molecule has 0 saturated carbocycles. The zero-order valence-corrected chi connectivity index (χ0v) is 13.6. The zero-order chi connectivity index (χ0) is 15.8. The van der Waals surface area contributed by atoms with Gasteiger partial charge in [-0.3, -0.25) is 0 Å². The molecule has 0 unspecified atom stereocenters. The molecule has 0 saturated heterocycles. The van der Waals surface area contributed by atoms with Gasteiger partial charge in [-0.1, -0.05) is 46.8 Å². The van der Waals surface area contributed by atoms with Crippen molar-refractivity contribution in [1.29, 1.82) is 0 Å². The SMILES string of the molecule is CC.CN(CC(C)(C)C)C(=O)OCc1ccc(N)cc1. The molecule has 1 amide bonds. The summed E-state index contributed by atoms with van der Waals surface area (Å²) in [5, 5.41) is 0. The predicted octanol–water partition coefficient (Wildman–Crippen LogP) is 3.91. The van der Waals surface area contributed by atoms with E-state index >= 15 is 0 Å². The van der Waals surface area contributed by atoms with Gasteiger partial charge in [-0.15, -0.1) is 0 Å². The maximum Gasteiger partial charge on any atom is 0.409 e. The van der Waals surface area contributed by atoms with Gasteiger partial charge >= 0.3 is 6.09 Å². The summed E-state index contributed by atoms with van der Waals surface area (Å²) < 4.78 is 5.22. The minimum Gasteiger partial charge on any atom is -0.445 e. The number of nitrogens with zero attached hydrogens (tertiary/aromatic N) is 1. The van der Waals surface area contributed by atoms with E-state index in [2.05, 4.69) is 20.8 Å². The van der Waals surface area contributed by atoms with Crippen LogP contribution >= 0.6 is 0 Å². The van der Waals surface area contributed by atoms with Gasteiger partial charge < -0.3 is 15.4 Å². The van der Waals surface area contributed by atoms with Crippen LogP contribution in [0.2, 0.25) is 0 Å². The molecule has 1 aromatic rings. The van der Waals surface area contributed by atoms with Crippen LogP contribution in [0.3, 0.4) is 0 Å². The second-order valence-corrected chi connectivity index (χ2v) is 5.71. The Balaban J connectivity index is 0.00000172. The van der Waals surface area contributed by atoms with E-state index in [1.807, 2.05) is 26.0 Å². The Hall–Kier alpha value is -1.71. The summed E-state index contributed by atoms with van der Waals surface area (Å²) in [4.78, 5) is 13.3. The average molecular weight is 280 g/mol. The highest BCUT2D eigenvalue weighted by Gasteiger charge is 2.18. The van der Waals surface area contributed by atoms with Crippen molar-refractivity contribution in [2.75, 3.05) is 19.3 Å². The van der Waals surface area contributed by atoms with Crippen molar-refractivity contribution in [3.8, 4) is 0 Å². The fourth-order valence-electron chi connectivity index (χ4n) is 1.65. The van der Waals surface area contributed by atoms with E-state index in [9.17, 15) is 4.79 Å². The number of hydrogen-bond acceptors (Lipinski definition) is 3. The number of carbonyl (C=O) groups is 1. The van der Waals surface area contributed by atoms with Gasteiger partial charge in [0.25, 0.3) is 0 Å². The Morgan fingerprint density at radius 1 is 1.20 bits per heavy atom. The van der Waals surface area contributed by atoms with Crippen LogP contribution in [0, 0.1) is 5.41 Å². The van der Waals surface area contributed by atoms with Crippen molar-refractivity contribution >= 4 is 11.8 Å². The number of nitrogen functional groups attached to an aromatic ring is 1. The molecule has 1 rings (SSSR count). The first-order chi connectivity index (χ1) is 9.28. The fourth-order valence-corrected chi connectivity index (χ4v) is 1.65. The lowest BCUT2D eigenvalue weighted by Crippen LogP contribution is -2.34. The lowest BCUT2D eigenvalue weighted by atomic mass is 9.96. The largest absolute Gasteiger partial charge is 0.445 e. The highest BCUT2D eigenvalue weighted by molar-refractivity contribution is 5.67. The molecule has 0 aromatic heterocycles. The second-order valence-electron chi connectivity index (χ2n) is 5.71. The Bertz CT molecular complexity index is 394. The first kappa shape index (κ1) is 18.3. The van der Waals surface area contributed by atoms with Crippen LogP contribution in [-0.2, 0) is 11.3 Å². The first-order valence-electron chi connectivity index (χ1n) is 7.00. The van der Waals surface area contributed by atoms with Crippen molar-refractivity contribution in [3.63, 3.8) is 0 Å². The third-order valence-electron chi connectivity index (χ3n) is 2.37. The van der Waals surface area contributed by atoms with Gasteiger partial charge in [-0.05, 0) is 23.1 Å². The first-order valence-corrected chi connectivity index (χ1v) is 7.00. The molecule has 4 heteroatoms. The van der Waals surface area contributed by atoms with Crippen LogP contribution in [0.15, 0.2) is 24.3 Å². The molecule has 0 aliphatic rings. The smallest absolute Gasteiger partial charge is 0.409 e. The highest BCUT2D eigenvalue weighted by Crippen LogP contribution is 2.15. The Labute approximate surface area is 122 Å².